The standard InChI is InChI=1S/C17H26N6O3S/c1-5-21-7-9-22(10-8-21)12(24)11-27-16-18-14-13(23(16)6-2)15(25)20(4)17(26)19(14)3/h5-11H2,1-4H3. The highest BCUT2D eigenvalue weighted by molar-refractivity contribution is 7.99. The SMILES string of the molecule is CCN1CCN(C(=O)CSc2nc3c(c(=O)n(C)c(=O)n3C)n2CC)CC1. The Bertz CT molecular complexity index is 968. The van der Waals surface area contributed by atoms with Crippen LogP contribution in [0, 0.1) is 0 Å². The van der Waals surface area contributed by atoms with Gasteiger partial charge in [0.15, 0.2) is 16.3 Å². The molecule has 27 heavy (non-hydrogen) atoms. The number of carbonyl (C=O) groups excluding carboxylic acids is 1. The van der Waals surface area contributed by atoms with Crippen LogP contribution in [0.15, 0.2) is 14.7 Å². The van der Waals surface area contributed by atoms with Crippen LogP contribution in [0.2, 0.25) is 0 Å². The van der Waals surface area contributed by atoms with Gasteiger partial charge in [-0.15, -0.1) is 0 Å². The van der Waals surface area contributed by atoms with Gasteiger partial charge < -0.3 is 14.4 Å². The summed E-state index contributed by atoms with van der Waals surface area (Å²) in [4.78, 5) is 45.9. The summed E-state index contributed by atoms with van der Waals surface area (Å²) in [5.41, 5.74) is -0.0175. The fraction of sp³-hybridized carbons (Fsp3) is 0.647. The summed E-state index contributed by atoms with van der Waals surface area (Å²) in [6, 6.07) is 0. The van der Waals surface area contributed by atoms with Crippen molar-refractivity contribution in [3.05, 3.63) is 20.8 Å². The molecule has 0 N–H and O–H groups in total. The first kappa shape index (κ1) is 19.7. The van der Waals surface area contributed by atoms with Crippen molar-refractivity contribution < 1.29 is 4.79 Å². The highest BCUT2D eigenvalue weighted by atomic mass is 32.2. The molecule has 9 nitrogen and oxygen atoms in total. The van der Waals surface area contributed by atoms with Crippen molar-refractivity contribution in [3.8, 4) is 0 Å². The molecule has 1 aliphatic heterocycles. The maximum absolute atomic E-state index is 12.6. The number of rotatable bonds is 5. The topological polar surface area (TPSA) is 85.4 Å². The Balaban J connectivity index is 1.82. The number of fused-ring (bicyclic) bond motifs is 1. The van der Waals surface area contributed by atoms with Crippen molar-refractivity contribution >= 4 is 28.8 Å². The van der Waals surface area contributed by atoms with Crippen LogP contribution in [-0.4, -0.2) is 72.9 Å². The lowest BCUT2D eigenvalue weighted by atomic mass is 10.3. The van der Waals surface area contributed by atoms with E-state index in [1.807, 2.05) is 11.8 Å². The van der Waals surface area contributed by atoms with E-state index in [-0.39, 0.29) is 17.2 Å². The lowest BCUT2D eigenvalue weighted by molar-refractivity contribution is -0.130. The van der Waals surface area contributed by atoms with Crippen molar-refractivity contribution in [2.75, 3.05) is 38.5 Å². The number of thioether (sulfide) groups is 1. The second kappa shape index (κ2) is 7.89. The van der Waals surface area contributed by atoms with Crippen molar-refractivity contribution in [2.45, 2.75) is 25.5 Å². The molecule has 0 atom stereocenters. The molecule has 0 unspecified atom stereocenters. The molecule has 1 fully saturated rings. The fourth-order valence-corrected chi connectivity index (χ4v) is 4.32. The van der Waals surface area contributed by atoms with Gasteiger partial charge in [0.2, 0.25) is 5.91 Å². The number of hydrogen-bond acceptors (Lipinski definition) is 6. The molecule has 1 aliphatic rings. The smallest absolute Gasteiger partial charge is 0.332 e. The molecule has 0 spiro atoms. The van der Waals surface area contributed by atoms with E-state index in [0.717, 1.165) is 37.3 Å². The highest BCUT2D eigenvalue weighted by Crippen LogP contribution is 2.22. The first-order chi connectivity index (χ1) is 12.9. The summed E-state index contributed by atoms with van der Waals surface area (Å²) in [6.07, 6.45) is 0. The maximum atomic E-state index is 12.6. The normalized spacial score (nSPS) is 15.6. The number of nitrogens with zero attached hydrogens (tertiary/aromatic N) is 6. The van der Waals surface area contributed by atoms with Crippen LogP contribution in [0.1, 0.15) is 13.8 Å². The van der Waals surface area contributed by atoms with Gasteiger partial charge in [0, 0.05) is 46.8 Å². The molecule has 2 aromatic rings. The zero-order valence-corrected chi connectivity index (χ0v) is 17.1. The molecule has 0 bridgehead atoms. The van der Waals surface area contributed by atoms with Crippen LogP contribution in [0.5, 0.6) is 0 Å². The van der Waals surface area contributed by atoms with Crippen molar-refractivity contribution in [1.82, 2.24) is 28.5 Å². The summed E-state index contributed by atoms with van der Waals surface area (Å²) < 4.78 is 4.24. The van der Waals surface area contributed by atoms with Crippen molar-refractivity contribution in [3.63, 3.8) is 0 Å². The van der Waals surface area contributed by atoms with E-state index in [9.17, 15) is 14.4 Å². The Kier molecular flexibility index (Phi) is 5.75. The van der Waals surface area contributed by atoms with E-state index < -0.39 is 5.69 Å². The van der Waals surface area contributed by atoms with Gasteiger partial charge in [0.1, 0.15) is 0 Å². The Labute approximate surface area is 161 Å². The fourth-order valence-electron chi connectivity index (χ4n) is 3.36. The molecule has 0 radical (unpaired) electrons. The van der Waals surface area contributed by atoms with Crippen LogP contribution >= 0.6 is 11.8 Å². The van der Waals surface area contributed by atoms with Gasteiger partial charge in [-0.05, 0) is 13.5 Å². The second-order valence-corrected chi connectivity index (χ2v) is 7.56. The number of likely N-dealkylation sites (N-methyl/N-ethyl adjacent to an activating group) is 1. The highest BCUT2D eigenvalue weighted by Gasteiger charge is 2.22. The summed E-state index contributed by atoms with van der Waals surface area (Å²) in [5.74, 6) is 0.344. The summed E-state index contributed by atoms with van der Waals surface area (Å²) in [7, 11) is 3.06. The van der Waals surface area contributed by atoms with Crippen LogP contribution < -0.4 is 11.2 Å². The van der Waals surface area contributed by atoms with Gasteiger partial charge in [-0.25, -0.2) is 9.78 Å². The maximum Gasteiger partial charge on any atom is 0.332 e. The average Bonchev–Trinajstić information content (AvgIpc) is 3.07. The average molecular weight is 395 g/mol. The number of piperazine rings is 1. The van der Waals surface area contributed by atoms with Crippen LogP contribution in [-0.2, 0) is 25.4 Å². The molecular formula is C17H26N6O3S. The number of carbonyl (C=O) groups is 1. The third kappa shape index (κ3) is 3.55. The van der Waals surface area contributed by atoms with Crippen molar-refractivity contribution in [2.24, 2.45) is 14.1 Å². The molecular weight excluding hydrogens is 368 g/mol. The Morgan fingerprint density at radius 2 is 1.70 bits per heavy atom. The van der Waals surface area contributed by atoms with Gasteiger partial charge in [0.05, 0.1) is 5.75 Å². The predicted octanol–water partition coefficient (Wildman–Crippen LogP) is -0.290. The zero-order valence-electron chi connectivity index (χ0n) is 16.3. The molecule has 10 heteroatoms. The molecule has 0 aliphatic carbocycles. The molecule has 1 amide bonds. The Hall–Kier alpha value is -2.07. The van der Waals surface area contributed by atoms with Crippen LogP contribution in [0.4, 0.5) is 0 Å². The molecule has 148 valence electrons. The van der Waals surface area contributed by atoms with Gasteiger partial charge in [-0.2, -0.15) is 0 Å². The van der Waals surface area contributed by atoms with Gasteiger partial charge in [0.25, 0.3) is 5.56 Å². The van der Waals surface area contributed by atoms with Gasteiger partial charge >= 0.3 is 5.69 Å². The largest absolute Gasteiger partial charge is 0.339 e. The first-order valence-corrected chi connectivity index (χ1v) is 10.2. The lowest BCUT2D eigenvalue weighted by Crippen LogP contribution is -2.49. The number of aryl methyl sites for hydroxylation is 2. The summed E-state index contributed by atoms with van der Waals surface area (Å²) in [5, 5.41) is 0.589. The number of aromatic nitrogens is 4. The lowest BCUT2D eigenvalue weighted by Gasteiger charge is -2.34. The minimum atomic E-state index is -0.408. The van der Waals surface area contributed by atoms with E-state index in [2.05, 4.69) is 16.8 Å². The number of amides is 1. The summed E-state index contributed by atoms with van der Waals surface area (Å²) >= 11 is 1.32. The third-order valence-electron chi connectivity index (χ3n) is 5.13. The second-order valence-electron chi connectivity index (χ2n) is 6.62. The van der Waals surface area contributed by atoms with E-state index in [1.54, 1.807) is 11.6 Å². The van der Waals surface area contributed by atoms with E-state index >= 15 is 0 Å². The van der Waals surface area contributed by atoms with Crippen LogP contribution in [0.3, 0.4) is 0 Å². The zero-order chi connectivity index (χ0) is 19.7. The predicted molar refractivity (Wildman–Crippen MR) is 105 cm³/mol. The quantitative estimate of drug-likeness (QED) is 0.648. The molecule has 3 rings (SSSR count). The minimum Gasteiger partial charge on any atom is -0.339 e. The molecule has 1 saturated heterocycles. The van der Waals surface area contributed by atoms with Crippen LogP contribution in [0.25, 0.3) is 11.2 Å². The van der Waals surface area contributed by atoms with Crippen molar-refractivity contribution in [1.29, 1.82) is 0 Å². The first-order valence-electron chi connectivity index (χ1n) is 9.18. The van der Waals surface area contributed by atoms with Gasteiger partial charge in [-0.3, -0.25) is 18.7 Å². The number of imidazole rings is 1. The molecule has 0 saturated carbocycles. The monoisotopic (exact) mass is 394 g/mol. The van der Waals surface area contributed by atoms with E-state index in [1.165, 1.54) is 23.4 Å². The van der Waals surface area contributed by atoms with E-state index in [4.69, 9.17) is 0 Å². The molecule has 2 aromatic heterocycles. The molecule has 0 aromatic carbocycles. The Morgan fingerprint density at radius 3 is 2.30 bits per heavy atom. The third-order valence-corrected chi connectivity index (χ3v) is 6.09. The Morgan fingerprint density at radius 1 is 1.04 bits per heavy atom. The number of hydrogen-bond donors (Lipinski definition) is 0. The molecule has 3 heterocycles. The minimum absolute atomic E-state index is 0.0762. The van der Waals surface area contributed by atoms with E-state index in [0.29, 0.717) is 22.9 Å². The summed E-state index contributed by atoms with van der Waals surface area (Å²) in [6.45, 7) is 8.87. The van der Waals surface area contributed by atoms with Gasteiger partial charge in [-0.1, -0.05) is 18.7 Å².